The molecule has 2 aromatic rings. The minimum absolute atomic E-state index is 0.439. The van der Waals surface area contributed by atoms with Crippen LogP contribution in [0.25, 0.3) is 11.1 Å². The van der Waals surface area contributed by atoms with Gasteiger partial charge in [-0.25, -0.2) is 0 Å². The molecule has 0 spiro atoms. The average Bonchev–Trinajstić information content (AvgIpc) is 2.53. The average molecular weight is 215 g/mol. The lowest BCUT2D eigenvalue weighted by Gasteiger charge is -1.84. The first-order chi connectivity index (χ1) is 5.31. The SMILES string of the molecule is NCc1cc2[nH]cc(Br)c2o1. The van der Waals surface area contributed by atoms with Crippen LogP contribution >= 0.6 is 15.9 Å². The first-order valence-corrected chi connectivity index (χ1v) is 4.06. The van der Waals surface area contributed by atoms with Crippen molar-refractivity contribution in [1.82, 2.24) is 4.98 Å². The second-order valence-electron chi connectivity index (χ2n) is 2.30. The molecule has 3 nitrogen and oxygen atoms in total. The Morgan fingerprint density at radius 2 is 2.45 bits per heavy atom. The minimum Gasteiger partial charge on any atom is -0.457 e. The van der Waals surface area contributed by atoms with E-state index in [9.17, 15) is 0 Å². The standard InChI is InChI=1S/C7H7BrN2O/c8-5-3-10-6-1-4(2-9)11-7(5)6/h1,3,10H,2,9H2. The van der Waals surface area contributed by atoms with Crippen LogP contribution in [-0.2, 0) is 6.54 Å². The molecular weight excluding hydrogens is 208 g/mol. The Hall–Kier alpha value is -0.740. The maximum atomic E-state index is 5.40. The van der Waals surface area contributed by atoms with E-state index in [1.54, 1.807) is 0 Å². The van der Waals surface area contributed by atoms with Crippen molar-refractivity contribution >= 4 is 27.0 Å². The van der Waals surface area contributed by atoms with Gasteiger partial charge in [0.2, 0.25) is 0 Å². The number of rotatable bonds is 1. The summed E-state index contributed by atoms with van der Waals surface area (Å²) in [7, 11) is 0. The highest BCUT2D eigenvalue weighted by atomic mass is 79.9. The van der Waals surface area contributed by atoms with E-state index in [1.165, 1.54) is 0 Å². The monoisotopic (exact) mass is 214 g/mol. The van der Waals surface area contributed by atoms with Crippen LogP contribution in [-0.4, -0.2) is 4.98 Å². The molecule has 3 N–H and O–H groups in total. The van der Waals surface area contributed by atoms with Gasteiger partial charge in [-0.15, -0.1) is 0 Å². The Kier molecular flexibility index (Phi) is 1.51. The quantitative estimate of drug-likeness (QED) is 0.764. The van der Waals surface area contributed by atoms with Gasteiger partial charge in [0.25, 0.3) is 0 Å². The third kappa shape index (κ3) is 0.985. The fourth-order valence-corrected chi connectivity index (χ4v) is 1.44. The van der Waals surface area contributed by atoms with Crippen LogP contribution in [0.15, 0.2) is 21.2 Å². The third-order valence-electron chi connectivity index (χ3n) is 1.56. The van der Waals surface area contributed by atoms with E-state index in [4.69, 9.17) is 10.2 Å². The van der Waals surface area contributed by atoms with Gasteiger partial charge in [-0.05, 0) is 15.9 Å². The molecule has 0 radical (unpaired) electrons. The number of aromatic amines is 1. The number of nitrogens with two attached hydrogens (primary N) is 1. The van der Waals surface area contributed by atoms with E-state index >= 15 is 0 Å². The van der Waals surface area contributed by atoms with Gasteiger partial charge in [0.1, 0.15) is 5.76 Å². The lowest BCUT2D eigenvalue weighted by molar-refractivity contribution is 0.551. The summed E-state index contributed by atoms with van der Waals surface area (Å²) in [4.78, 5) is 3.05. The van der Waals surface area contributed by atoms with E-state index in [0.29, 0.717) is 6.54 Å². The van der Waals surface area contributed by atoms with Gasteiger partial charge in [0.15, 0.2) is 5.58 Å². The molecule has 2 heterocycles. The molecule has 2 rings (SSSR count). The van der Waals surface area contributed by atoms with Gasteiger partial charge in [0.05, 0.1) is 16.5 Å². The molecular formula is C7H7BrN2O. The van der Waals surface area contributed by atoms with Crippen molar-refractivity contribution in [3.05, 3.63) is 22.5 Å². The molecule has 11 heavy (non-hydrogen) atoms. The molecule has 0 aliphatic rings. The number of fused-ring (bicyclic) bond motifs is 1. The van der Waals surface area contributed by atoms with Crippen LogP contribution < -0.4 is 5.73 Å². The van der Waals surface area contributed by atoms with Crippen LogP contribution in [0, 0.1) is 0 Å². The molecule has 0 fully saturated rings. The molecule has 0 unspecified atom stereocenters. The van der Waals surface area contributed by atoms with Crippen LogP contribution in [0.4, 0.5) is 0 Å². The zero-order chi connectivity index (χ0) is 7.84. The van der Waals surface area contributed by atoms with Crippen molar-refractivity contribution in [2.24, 2.45) is 5.73 Å². The van der Waals surface area contributed by atoms with Crippen LogP contribution in [0.2, 0.25) is 0 Å². The van der Waals surface area contributed by atoms with E-state index in [1.807, 2.05) is 12.3 Å². The summed E-state index contributed by atoms with van der Waals surface area (Å²) in [6.45, 7) is 0.439. The first-order valence-electron chi connectivity index (χ1n) is 3.26. The predicted molar refractivity (Wildman–Crippen MR) is 46.2 cm³/mol. The van der Waals surface area contributed by atoms with Gasteiger partial charge >= 0.3 is 0 Å². The van der Waals surface area contributed by atoms with E-state index in [-0.39, 0.29) is 0 Å². The Morgan fingerprint density at radius 3 is 3.09 bits per heavy atom. The molecule has 0 aliphatic carbocycles. The normalized spacial score (nSPS) is 11.1. The number of nitrogens with one attached hydrogen (secondary N) is 1. The summed E-state index contributed by atoms with van der Waals surface area (Å²) >= 11 is 3.34. The second kappa shape index (κ2) is 2.39. The topological polar surface area (TPSA) is 55.0 Å². The summed E-state index contributed by atoms with van der Waals surface area (Å²) in [6, 6.07) is 1.90. The molecule has 0 bridgehead atoms. The van der Waals surface area contributed by atoms with E-state index in [2.05, 4.69) is 20.9 Å². The molecule has 0 saturated carbocycles. The fourth-order valence-electron chi connectivity index (χ4n) is 1.03. The largest absolute Gasteiger partial charge is 0.457 e. The highest BCUT2D eigenvalue weighted by Crippen LogP contribution is 2.26. The summed E-state index contributed by atoms with van der Waals surface area (Å²) in [5.74, 6) is 0.799. The zero-order valence-corrected chi connectivity index (χ0v) is 7.31. The molecule has 0 atom stereocenters. The summed E-state index contributed by atoms with van der Waals surface area (Å²) < 4.78 is 6.32. The Bertz CT molecular complexity index is 377. The van der Waals surface area contributed by atoms with Crippen molar-refractivity contribution in [2.45, 2.75) is 6.54 Å². The van der Waals surface area contributed by atoms with Gasteiger partial charge in [-0.3, -0.25) is 0 Å². The third-order valence-corrected chi connectivity index (χ3v) is 2.14. The lowest BCUT2D eigenvalue weighted by atomic mass is 10.4. The summed E-state index contributed by atoms with van der Waals surface area (Å²) in [5.41, 5.74) is 7.22. The number of halogens is 1. The maximum absolute atomic E-state index is 5.40. The summed E-state index contributed by atoms with van der Waals surface area (Å²) in [5, 5.41) is 0. The molecule has 0 amide bonds. The molecule has 58 valence electrons. The Morgan fingerprint density at radius 1 is 1.64 bits per heavy atom. The van der Waals surface area contributed by atoms with Crippen LogP contribution in [0.5, 0.6) is 0 Å². The Balaban J connectivity index is 2.70. The van der Waals surface area contributed by atoms with Gasteiger partial charge in [0, 0.05) is 12.3 Å². The molecule has 2 aromatic heterocycles. The molecule has 0 aliphatic heterocycles. The van der Waals surface area contributed by atoms with Crippen LogP contribution in [0.1, 0.15) is 5.76 Å². The van der Waals surface area contributed by atoms with Crippen molar-refractivity contribution in [2.75, 3.05) is 0 Å². The molecule has 4 heteroatoms. The minimum atomic E-state index is 0.439. The van der Waals surface area contributed by atoms with E-state index < -0.39 is 0 Å². The van der Waals surface area contributed by atoms with Gasteiger partial charge < -0.3 is 15.1 Å². The van der Waals surface area contributed by atoms with Crippen molar-refractivity contribution in [3.63, 3.8) is 0 Å². The number of aromatic nitrogens is 1. The highest BCUT2D eigenvalue weighted by Gasteiger charge is 2.06. The van der Waals surface area contributed by atoms with Crippen LogP contribution in [0.3, 0.4) is 0 Å². The van der Waals surface area contributed by atoms with Gasteiger partial charge in [-0.1, -0.05) is 0 Å². The number of hydrogen-bond donors (Lipinski definition) is 2. The Labute approximate surface area is 71.7 Å². The predicted octanol–water partition coefficient (Wildman–Crippen LogP) is 1.98. The van der Waals surface area contributed by atoms with E-state index in [0.717, 1.165) is 21.3 Å². The zero-order valence-electron chi connectivity index (χ0n) is 5.73. The lowest BCUT2D eigenvalue weighted by Crippen LogP contribution is -1.92. The van der Waals surface area contributed by atoms with Crippen molar-refractivity contribution in [1.29, 1.82) is 0 Å². The van der Waals surface area contributed by atoms with Crippen molar-refractivity contribution < 1.29 is 4.42 Å². The smallest absolute Gasteiger partial charge is 0.166 e. The highest BCUT2D eigenvalue weighted by molar-refractivity contribution is 9.10. The summed E-state index contributed by atoms with van der Waals surface area (Å²) in [6.07, 6.45) is 1.84. The molecule has 0 aromatic carbocycles. The fraction of sp³-hybridized carbons (Fsp3) is 0.143. The maximum Gasteiger partial charge on any atom is 0.166 e. The first kappa shape index (κ1) is 6.94. The molecule has 0 saturated heterocycles. The second-order valence-corrected chi connectivity index (χ2v) is 3.15. The van der Waals surface area contributed by atoms with Gasteiger partial charge in [-0.2, -0.15) is 0 Å². The number of H-pyrrole nitrogens is 1. The number of hydrogen-bond acceptors (Lipinski definition) is 2. The van der Waals surface area contributed by atoms with Crippen molar-refractivity contribution in [3.8, 4) is 0 Å². The number of furan rings is 1.